The molecule has 1 fully saturated rings. The van der Waals surface area contributed by atoms with E-state index in [2.05, 4.69) is 15.0 Å². The molecular formula is C16H17ClN4O7. The molecule has 0 aliphatic carbocycles. The molecule has 3 rings (SSSR count). The minimum absolute atomic E-state index is 0.138. The second-order valence-electron chi connectivity index (χ2n) is 6.00. The van der Waals surface area contributed by atoms with Crippen LogP contribution in [-0.4, -0.2) is 62.3 Å². The molecule has 1 aliphatic heterocycles. The fraction of sp³-hybridized carbons (Fsp3) is 0.500. The van der Waals surface area contributed by atoms with Crippen LogP contribution in [0.2, 0.25) is 5.15 Å². The zero-order valence-corrected chi connectivity index (χ0v) is 16.0. The van der Waals surface area contributed by atoms with Gasteiger partial charge in [0.15, 0.2) is 29.2 Å². The molecule has 0 amide bonds. The summed E-state index contributed by atoms with van der Waals surface area (Å²) in [6.45, 7) is 3.45. The molecule has 0 spiro atoms. The molecule has 0 aromatic carbocycles. The second kappa shape index (κ2) is 8.07. The molecule has 0 saturated carbocycles. The summed E-state index contributed by atoms with van der Waals surface area (Å²) in [4.78, 5) is 46.6. The Morgan fingerprint density at radius 1 is 1.07 bits per heavy atom. The first kappa shape index (κ1) is 20.0. The van der Waals surface area contributed by atoms with Crippen molar-refractivity contribution < 1.29 is 33.3 Å². The standard InChI is InChI=1S/C16H17ClN4O7/c1-7(22)25-4-10-12(26-8(2)23)13(27-9(3)24)16(28-10)21-6-20-11-14(17)18-5-19-15(11)21/h5-6,10,12-13,16H,4H2,1-3H3/t10-,12-,13-,16?/m1/s1. The Balaban J connectivity index is 2.01. The van der Waals surface area contributed by atoms with Crippen LogP contribution >= 0.6 is 11.6 Å². The molecular weight excluding hydrogens is 396 g/mol. The van der Waals surface area contributed by atoms with Crippen LogP contribution in [0.5, 0.6) is 0 Å². The molecule has 11 nitrogen and oxygen atoms in total. The predicted octanol–water partition coefficient (Wildman–Crippen LogP) is 0.804. The number of ether oxygens (including phenoxy) is 4. The molecule has 0 radical (unpaired) electrons. The Kier molecular flexibility index (Phi) is 5.75. The fourth-order valence-electron chi connectivity index (χ4n) is 2.93. The van der Waals surface area contributed by atoms with Crippen LogP contribution in [0.3, 0.4) is 0 Å². The lowest BCUT2D eigenvalue weighted by atomic mass is 10.1. The summed E-state index contributed by atoms with van der Waals surface area (Å²) in [6.07, 6.45) is -1.24. The summed E-state index contributed by atoms with van der Waals surface area (Å²) < 4.78 is 23.1. The van der Waals surface area contributed by atoms with E-state index in [1.165, 1.54) is 38.0 Å². The Morgan fingerprint density at radius 2 is 1.75 bits per heavy atom. The van der Waals surface area contributed by atoms with Gasteiger partial charge in [-0.15, -0.1) is 0 Å². The van der Waals surface area contributed by atoms with Gasteiger partial charge < -0.3 is 18.9 Å². The van der Waals surface area contributed by atoms with Gasteiger partial charge >= 0.3 is 17.9 Å². The maximum atomic E-state index is 11.7. The lowest BCUT2D eigenvalue weighted by Crippen LogP contribution is -2.40. The number of carbonyl (C=O) groups excluding carboxylic acids is 3. The van der Waals surface area contributed by atoms with Crippen LogP contribution in [0, 0.1) is 0 Å². The molecule has 28 heavy (non-hydrogen) atoms. The highest BCUT2D eigenvalue weighted by Gasteiger charge is 2.51. The molecule has 3 heterocycles. The van der Waals surface area contributed by atoms with Crippen molar-refractivity contribution in [1.29, 1.82) is 0 Å². The Bertz CT molecular complexity index is 918. The van der Waals surface area contributed by atoms with Gasteiger partial charge in [0, 0.05) is 20.8 Å². The molecule has 150 valence electrons. The van der Waals surface area contributed by atoms with Crippen molar-refractivity contribution in [2.24, 2.45) is 0 Å². The van der Waals surface area contributed by atoms with Gasteiger partial charge in [0.2, 0.25) is 0 Å². The third-order valence-corrected chi connectivity index (χ3v) is 4.21. The average molecular weight is 413 g/mol. The number of hydrogen-bond donors (Lipinski definition) is 0. The number of fused-ring (bicyclic) bond motifs is 1. The summed E-state index contributed by atoms with van der Waals surface area (Å²) in [5.41, 5.74) is 0.652. The van der Waals surface area contributed by atoms with E-state index >= 15 is 0 Å². The number of halogens is 1. The second-order valence-corrected chi connectivity index (χ2v) is 6.36. The normalized spacial score (nSPS) is 24.1. The fourth-order valence-corrected chi connectivity index (χ4v) is 3.10. The molecule has 1 unspecified atom stereocenters. The topological polar surface area (TPSA) is 132 Å². The minimum atomic E-state index is -1.03. The van der Waals surface area contributed by atoms with Crippen molar-refractivity contribution in [1.82, 2.24) is 19.5 Å². The van der Waals surface area contributed by atoms with Crippen LogP contribution in [0.4, 0.5) is 0 Å². The predicted molar refractivity (Wildman–Crippen MR) is 92.0 cm³/mol. The van der Waals surface area contributed by atoms with Crippen molar-refractivity contribution in [2.75, 3.05) is 6.61 Å². The number of nitrogens with zero attached hydrogens (tertiary/aromatic N) is 4. The highest BCUT2D eigenvalue weighted by atomic mass is 35.5. The monoisotopic (exact) mass is 412 g/mol. The van der Waals surface area contributed by atoms with E-state index in [9.17, 15) is 14.4 Å². The summed E-state index contributed by atoms with van der Waals surface area (Å²) in [5, 5.41) is 0.138. The van der Waals surface area contributed by atoms with Crippen LogP contribution in [0.15, 0.2) is 12.7 Å². The maximum Gasteiger partial charge on any atom is 0.303 e. The third kappa shape index (κ3) is 4.04. The average Bonchev–Trinajstić information content (AvgIpc) is 3.16. The van der Waals surface area contributed by atoms with Crippen LogP contribution in [0.1, 0.15) is 27.0 Å². The van der Waals surface area contributed by atoms with Crippen molar-refractivity contribution in [3.63, 3.8) is 0 Å². The minimum Gasteiger partial charge on any atom is -0.463 e. The molecule has 0 bridgehead atoms. The summed E-state index contributed by atoms with van der Waals surface area (Å²) in [7, 11) is 0. The molecule has 1 aliphatic rings. The lowest BCUT2D eigenvalue weighted by molar-refractivity contribution is -0.166. The zero-order valence-electron chi connectivity index (χ0n) is 15.2. The summed E-state index contributed by atoms with van der Waals surface area (Å²) in [5.74, 6) is -1.76. The smallest absolute Gasteiger partial charge is 0.303 e. The van der Waals surface area contributed by atoms with Gasteiger partial charge in [-0.05, 0) is 0 Å². The van der Waals surface area contributed by atoms with Crippen LogP contribution in [0.25, 0.3) is 11.2 Å². The molecule has 2 aromatic rings. The van der Waals surface area contributed by atoms with E-state index in [1.54, 1.807) is 0 Å². The van der Waals surface area contributed by atoms with Gasteiger partial charge in [0.05, 0.1) is 6.33 Å². The number of carbonyl (C=O) groups is 3. The van der Waals surface area contributed by atoms with Crippen molar-refractivity contribution in [2.45, 2.75) is 45.3 Å². The highest BCUT2D eigenvalue weighted by Crippen LogP contribution is 2.36. The molecule has 1 saturated heterocycles. The largest absolute Gasteiger partial charge is 0.463 e. The van der Waals surface area contributed by atoms with E-state index < -0.39 is 42.4 Å². The molecule has 0 N–H and O–H groups in total. The van der Waals surface area contributed by atoms with Gasteiger partial charge in [0.25, 0.3) is 0 Å². The Morgan fingerprint density at radius 3 is 2.39 bits per heavy atom. The first-order valence-corrected chi connectivity index (χ1v) is 8.62. The van der Waals surface area contributed by atoms with E-state index in [1.807, 2.05) is 0 Å². The first-order chi connectivity index (χ1) is 13.3. The van der Waals surface area contributed by atoms with Gasteiger partial charge in [0.1, 0.15) is 24.6 Å². The van der Waals surface area contributed by atoms with Crippen LogP contribution in [-0.2, 0) is 33.3 Å². The van der Waals surface area contributed by atoms with Crippen molar-refractivity contribution in [3.05, 3.63) is 17.8 Å². The first-order valence-electron chi connectivity index (χ1n) is 8.24. The quantitative estimate of drug-likeness (QED) is 0.394. The highest BCUT2D eigenvalue weighted by molar-refractivity contribution is 6.33. The van der Waals surface area contributed by atoms with Gasteiger partial charge in [-0.2, -0.15) is 0 Å². The maximum absolute atomic E-state index is 11.7. The number of imidazole rings is 1. The van der Waals surface area contributed by atoms with E-state index in [0.717, 1.165) is 0 Å². The van der Waals surface area contributed by atoms with Crippen LogP contribution < -0.4 is 0 Å². The van der Waals surface area contributed by atoms with E-state index in [0.29, 0.717) is 11.2 Å². The van der Waals surface area contributed by atoms with E-state index in [4.69, 9.17) is 30.5 Å². The van der Waals surface area contributed by atoms with Gasteiger partial charge in [-0.1, -0.05) is 11.6 Å². The zero-order chi connectivity index (χ0) is 20.4. The number of rotatable bonds is 5. The summed E-state index contributed by atoms with van der Waals surface area (Å²) >= 11 is 6.03. The Labute approximate surface area is 163 Å². The SMILES string of the molecule is CC(=O)OC[C@H]1OC(n2cnc3c(Cl)ncnc32)[C@H](OC(C)=O)[C@@H]1OC(C)=O. The molecule has 2 aromatic heterocycles. The number of esters is 3. The summed E-state index contributed by atoms with van der Waals surface area (Å²) in [6, 6.07) is 0. The third-order valence-electron chi connectivity index (χ3n) is 3.93. The lowest BCUT2D eigenvalue weighted by Gasteiger charge is -2.23. The van der Waals surface area contributed by atoms with E-state index in [-0.39, 0.29) is 11.8 Å². The Hall–Kier alpha value is -2.79. The number of aromatic nitrogens is 4. The van der Waals surface area contributed by atoms with Crippen molar-refractivity contribution in [3.8, 4) is 0 Å². The molecule has 4 atom stereocenters. The molecule has 12 heteroatoms. The van der Waals surface area contributed by atoms with Crippen molar-refractivity contribution >= 4 is 40.7 Å². The van der Waals surface area contributed by atoms with Gasteiger partial charge in [-0.25, -0.2) is 15.0 Å². The number of hydrogen-bond acceptors (Lipinski definition) is 10. The van der Waals surface area contributed by atoms with Gasteiger partial charge in [-0.3, -0.25) is 19.0 Å².